The molecule has 0 bridgehead atoms. The molecular formula is C45H32O13S6. The molecule has 0 aliphatic heterocycles. The fraction of sp³-hybridized carbons (Fsp3) is 0.0222. The maximum absolute atomic E-state index is 12.2. The van der Waals surface area contributed by atoms with E-state index in [2.05, 4.69) is 0 Å². The minimum absolute atomic E-state index is 0.0406. The molecule has 13 nitrogen and oxygen atoms in total. The van der Waals surface area contributed by atoms with Gasteiger partial charge >= 0.3 is 36.3 Å². The van der Waals surface area contributed by atoms with Crippen LogP contribution in [0.15, 0.2) is 176 Å². The number of rotatable bonds is 12. The van der Waals surface area contributed by atoms with Crippen LogP contribution in [0.4, 0.5) is 0 Å². The third-order valence-electron chi connectivity index (χ3n) is 8.99. The van der Waals surface area contributed by atoms with Crippen LogP contribution in [0.2, 0.25) is 0 Å². The minimum Gasteiger partial charge on any atom is -0.478 e. The number of hydrogen-bond donors (Lipinski definition) is 2. The van der Waals surface area contributed by atoms with Gasteiger partial charge in [-0.25, -0.2) is 4.79 Å². The first kappa shape index (κ1) is 45.6. The maximum Gasteiger partial charge on any atom is 0.339 e. The van der Waals surface area contributed by atoms with Gasteiger partial charge in [0.05, 0.1) is 12.2 Å². The highest BCUT2D eigenvalue weighted by Gasteiger charge is 2.20. The lowest BCUT2D eigenvalue weighted by molar-refractivity contribution is 0.0699. The van der Waals surface area contributed by atoms with E-state index < -0.39 is 36.3 Å². The van der Waals surface area contributed by atoms with E-state index in [1.807, 2.05) is 5.38 Å². The Bertz CT molecular complexity index is 3440. The molecule has 0 saturated carbocycles. The molecule has 3 aromatic heterocycles. The van der Waals surface area contributed by atoms with Crippen molar-refractivity contribution in [2.45, 2.75) is 21.3 Å². The Kier molecular flexibility index (Phi) is 13.9. The number of aldehydes is 1. The predicted octanol–water partition coefficient (Wildman–Crippen LogP) is 10.0. The highest BCUT2D eigenvalue weighted by molar-refractivity contribution is 7.87. The number of carbonyl (C=O) groups excluding carboxylic acids is 1. The largest absolute Gasteiger partial charge is 0.478 e. The van der Waals surface area contributed by atoms with Crippen LogP contribution in [0.3, 0.4) is 0 Å². The molecule has 0 radical (unpaired) electrons. The zero-order valence-corrected chi connectivity index (χ0v) is 37.6. The zero-order chi connectivity index (χ0) is 45.5. The lowest BCUT2D eigenvalue weighted by Crippen LogP contribution is -2.09. The average Bonchev–Trinajstić information content (AvgIpc) is 4.04. The second-order valence-corrected chi connectivity index (χ2v) is 20.6. The SMILES string of the molecule is O=C(O)c1csc2ccc(OS(=O)(=O)c3ccccc3)cc12.O=Cc1csc2ccc(OS(=O)(=O)c3ccccc3)cc12.O=S(=O)(Oc1ccc2scc(CO)c2c1)c1ccccc1. The zero-order valence-electron chi connectivity index (χ0n) is 32.7. The van der Waals surface area contributed by atoms with Crippen molar-refractivity contribution in [2.24, 2.45) is 0 Å². The normalized spacial score (nSPS) is 11.5. The van der Waals surface area contributed by atoms with Crippen LogP contribution in [-0.2, 0) is 37.0 Å². The van der Waals surface area contributed by atoms with Crippen molar-refractivity contribution in [1.29, 1.82) is 0 Å². The van der Waals surface area contributed by atoms with E-state index in [9.17, 15) is 39.9 Å². The van der Waals surface area contributed by atoms with Crippen molar-refractivity contribution in [3.63, 3.8) is 0 Å². The summed E-state index contributed by atoms with van der Waals surface area (Å²) < 4.78 is 90.9. The van der Waals surface area contributed by atoms with Gasteiger partial charge in [0, 0.05) is 46.6 Å². The van der Waals surface area contributed by atoms with Crippen LogP contribution in [-0.4, -0.2) is 47.7 Å². The molecule has 0 aliphatic carbocycles. The molecule has 19 heteroatoms. The average molecular weight is 973 g/mol. The predicted molar refractivity (Wildman–Crippen MR) is 247 cm³/mol. The molecule has 9 rings (SSSR count). The van der Waals surface area contributed by atoms with Crippen molar-refractivity contribution in [3.05, 3.63) is 178 Å². The number of aromatic carboxylic acids is 1. The van der Waals surface area contributed by atoms with Gasteiger partial charge in [-0.2, -0.15) is 25.3 Å². The lowest BCUT2D eigenvalue weighted by atomic mass is 10.2. The Morgan fingerprint density at radius 2 is 0.875 bits per heavy atom. The number of carboxylic acids is 1. The fourth-order valence-corrected chi connectivity index (χ4v) is 11.5. The molecular weight excluding hydrogens is 941 g/mol. The van der Waals surface area contributed by atoms with E-state index in [-0.39, 0.29) is 44.1 Å². The third kappa shape index (κ3) is 10.7. The van der Waals surface area contributed by atoms with Crippen LogP contribution < -0.4 is 12.5 Å². The number of thiophene rings is 3. The lowest BCUT2D eigenvalue weighted by Gasteiger charge is -2.07. The maximum atomic E-state index is 12.2. The fourth-order valence-electron chi connectivity index (χ4n) is 5.92. The molecule has 0 fully saturated rings. The molecule has 0 aliphatic rings. The van der Waals surface area contributed by atoms with Gasteiger partial charge in [0.25, 0.3) is 0 Å². The van der Waals surface area contributed by atoms with E-state index in [0.29, 0.717) is 16.3 Å². The number of aliphatic hydroxyl groups is 1. The van der Waals surface area contributed by atoms with E-state index in [1.54, 1.807) is 102 Å². The summed E-state index contributed by atoms with van der Waals surface area (Å²) in [5, 5.41) is 25.4. The van der Waals surface area contributed by atoms with Gasteiger partial charge in [0.1, 0.15) is 31.9 Å². The first-order valence-corrected chi connectivity index (χ1v) is 25.3. The summed E-state index contributed by atoms with van der Waals surface area (Å²) in [6.45, 7) is -0.0884. The van der Waals surface area contributed by atoms with Crippen LogP contribution in [0, 0.1) is 0 Å². The Morgan fingerprint density at radius 1 is 0.500 bits per heavy atom. The third-order valence-corrected chi connectivity index (χ3v) is 15.7. The van der Waals surface area contributed by atoms with Crippen molar-refractivity contribution in [3.8, 4) is 17.2 Å². The van der Waals surface area contributed by atoms with E-state index in [1.165, 1.54) is 87.9 Å². The summed E-state index contributed by atoms with van der Waals surface area (Å²) in [6.07, 6.45) is 0.744. The smallest absolute Gasteiger partial charge is 0.339 e. The summed E-state index contributed by atoms with van der Waals surface area (Å²) >= 11 is 4.20. The van der Waals surface area contributed by atoms with Crippen LogP contribution in [0.25, 0.3) is 30.3 Å². The number of benzene rings is 6. The Balaban J connectivity index is 0.000000144. The summed E-state index contributed by atoms with van der Waals surface area (Å²) in [6, 6.07) is 38.2. The van der Waals surface area contributed by atoms with E-state index in [0.717, 1.165) is 31.3 Å². The van der Waals surface area contributed by atoms with E-state index in [4.69, 9.17) is 17.7 Å². The highest BCUT2D eigenvalue weighted by Crippen LogP contribution is 2.33. The first-order valence-electron chi connectivity index (χ1n) is 18.5. The highest BCUT2D eigenvalue weighted by atomic mass is 32.2. The number of hydrogen-bond acceptors (Lipinski definition) is 15. The minimum atomic E-state index is -3.94. The summed E-state index contributed by atoms with van der Waals surface area (Å²) in [4.78, 5) is 22.3. The molecule has 64 heavy (non-hydrogen) atoms. The molecule has 0 spiro atoms. The van der Waals surface area contributed by atoms with E-state index >= 15 is 0 Å². The molecule has 0 atom stereocenters. The summed E-state index contributed by atoms with van der Waals surface area (Å²) in [7, 11) is -11.7. The van der Waals surface area contributed by atoms with Crippen molar-refractivity contribution in [1.82, 2.24) is 0 Å². The Labute approximate surface area is 379 Å². The van der Waals surface area contributed by atoms with Gasteiger partial charge in [0.15, 0.2) is 6.29 Å². The number of carbonyl (C=O) groups is 2. The van der Waals surface area contributed by atoms with Crippen LogP contribution >= 0.6 is 34.0 Å². The monoisotopic (exact) mass is 972 g/mol. The Hall–Kier alpha value is -6.45. The van der Waals surface area contributed by atoms with Gasteiger partial charge in [0.2, 0.25) is 0 Å². The summed E-state index contributed by atoms with van der Waals surface area (Å²) in [5.74, 6) is -0.557. The molecule has 9 aromatic rings. The van der Waals surface area contributed by atoms with Crippen molar-refractivity contribution >= 4 is 107 Å². The van der Waals surface area contributed by atoms with Gasteiger partial charge in [-0.3, -0.25) is 4.79 Å². The quantitative estimate of drug-likeness (QED) is 0.0865. The topological polar surface area (TPSA) is 205 Å². The molecule has 0 amide bonds. The van der Waals surface area contributed by atoms with Gasteiger partial charge in [-0.15, -0.1) is 34.0 Å². The molecule has 3 heterocycles. The molecule has 2 N–H and O–H groups in total. The molecule has 326 valence electrons. The number of fused-ring (bicyclic) bond motifs is 3. The second kappa shape index (κ2) is 19.5. The molecule has 0 saturated heterocycles. The van der Waals surface area contributed by atoms with Gasteiger partial charge in [-0.1, -0.05) is 54.6 Å². The standard InChI is InChI=1S/C15H10O5S2.C15H12O4S2.C15H10O4S2/c16-15(17)13-9-21-14-7-6-10(8-12(13)14)20-22(18,19)11-4-2-1-3-5-11;2*16-9-11-10-20-15-7-6-12(8-14(11)15)19-21(17,18)13-4-2-1-3-5-13/h1-9H,(H,16,17);1-8,10,16H,9H2;1-10H. The van der Waals surface area contributed by atoms with Crippen LogP contribution in [0.5, 0.6) is 17.2 Å². The first-order chi connectivity index (χ1) is 30.7. The van der Waals surface area contributed by atoms with Gasteiger partial charge < -0.3 is 22.8 Å². The van der Waals surface area contributed by atoms with Crippen molar-refractivity contribution in [2.75, 3.05) is 0 Å². The number of carboxylic acid groups (broad SMARTS) is 1. The van der Waals surface area contributed by atoms with Crippen molar-refractivity contribution < 1.29 is 57.6 Å². The van der Waals surface area contributed by atoms with Crippen LogP contribution in [0.1, 0.15) is 26.3 Å². The second-order valence-electron chi connectivity index (χ2n) is 13.2. The molecule has 6 aromatic carbocycles. The molecule has 0 unspecified atom stereocenters. The Morgan fingerprint density at radius 3 is 1.30 bits per heavy atom. The number of aliphatic hydroxyl groups excluding tert-OH is 1. The van der Waals surface area contributed by atoms with Gasteiger partial charge in [-0.05, 0) is 102 Å². The summed E-state index contributed by atoms with van der Waals surface area (Å²) in [5.41, 5.74) is 1.41.